The minimum Gasteiger partial charge on any atom is -0.456 e. The Kier molecular flexibility index (Phi) is 3.84. The molecule has 154 valence electrons. The van der Waals surface area contributed by atoms with Crippen LogP contribution in [0, 0.1) is 0 Å². The maximum absolute atomic E-state index is 6.11. The topological polar surface area (TPSA) is 38.9 Å². The molecule has 2 aromatic heterocycles. The molecule has 33 heavy (non-hydrogen) atoms. The van der Waals surface area contributed by atoms with Gasteiger partial charge in [0, 0.05) is 27.3 Å². The molecule has 0 saturated heterocycles. The molecule has 0 saturated carbocycles. The van der Waals surface area contributed by atoms with E-state index in [1.165, 1.54) is 5.39 Å². The van der Waals surface area contributed by atoms with E-state index in [2.05, 4.69) is 66.7 Å². The predicted octanol–water partition coefficient (Wildman–Crippen LogP) is 8.02. The van der Waals surface area contributed by atoms with Gasteiger partial charge in [-0.05, 0) is 35.0 Å². The summed E-state index contributed by atoms with van der Waals surface area (Å²) in [7, 11) is 0. The monoisotopic (exact) mass is 422 g/mol. The predicted molar refractivity (Wildman–Crippen MR) is 135 cm³/mol. The normalized spacial score (nSPS) is 11.6. The Balaban J connectivity index is 1.52. The van der Waals surface area contributed by atoms with Crippen LogP contribution in [0.15, 0.2) is 114 Å². The van der Waals surface area contributed by atoms with Crippen molar-refractivity contribution in [2.24, 2.45) is 0 Å². The van der Waals surface area contributed by atoms with E-state index in [1.807, 2.05) is 42.5 Å². The summed E-state index contributed by atoms with van der Waals surface area (Å²) in [6.45, 7) is 0. The summed E-state index contributed by atoms with van der Waals surface area (Å²) < 4.78 is 6.11. The van der Waals surface area contributed by atoms with Crippen LogP contribution in [0.5, 0.6) is 0 Å². The van der Waals surface area contributed by atoms with Crippen molar-refractivity contribution in [1.82, 2.24) is 9.97 Å². The van der Waals surface area contributed by atoms with E-state index >= 15 is 0 Å². The number of benzene rings is 5. The van der Waals surface area contributed by atoms with Crippen molar-refractivity contribution < 1.29 is 4.42 Å². The highest BCUT2D eigenvalue weighted by Crippen LogP contribution is 2.36. The molecule has 0 bridgehead atoms. The van der Waals surface area contributed by atoms with Crippen LogP contribution in [0.4, 0.5) is 0 Å². The largest absolute Gasteiger partial charge is 0.456 e. The first-order valence-corrected chi connectivity index (χ1v) is 11.0. The van der Waals surface area contributed by atoms with Crippen LogP contribution >= 0.6 is 0 Å². The Labute approximate surface area is 190 Å². The molecule has 3 nitrogen and oxygen atoms in total. The first kappa shape index (κ1) is 18.1. The van der Waals surface area contributed by atoms with Gasteiger partial charge < -0.3 is 4.42 Å². The van der Waals surface area contributed by atoms with E-state index in [0.717, 1.165) is 60.9 Å². The summed E-state index contributed by atoms with van der Waals surface area (Å²) in [5.41, 5.74) is 5.75. The second kappa shape index (κ2) is 7.01. The molecule has 0 spiro atoms. The van der Waals surface area contributed by atoms with Crippen molar-refractivity contribution in [3.05, 3.63) is 109 Å². The van der Waals surface area contributed by atoms with Gasteiger partial charge in [0.1, 0.15) is 11.2 Å². The molecule has 0 N–H and O–H groups in total. The third kappa shape index (κ3) is 2.83. The summed E-state index contributed by atoms with van der Waals surface area (Å²) in [5.74, 6) is 0.722. The Morgan fingerprint density at radius 2 is 1.27 bits per heavy atom. The third-order valence-corrected chi connectivity index (χ3v) is 6.27. The molecule has 3 heteroatoms. The molecule has 7 rings (SSSR count). The van der Waals surface area contributed by atoms with Gasteiger partial charge in [-0.3, -0.25) is 0 Å². The zero-order chi connectivity index (χ0) is 21.8. The maximum Gasteiger partial charge on any atom is 0.160 e. The van der Waals surface area contributed by atoms with Gasteiger partial charge in [-0.25, -0.2) is 9.97 Å². The molecule has 0 unspecified atom stereocenters. The molecule has 0 atom stereocenters. The number of nitrogens with zero attached hydrogens (tertiary/aromatic N) is 2. The highest BCUT2D eigenvalue weighted by Gasteiger charge is 2.14. The lowest BCUT2D eigenvalue weighted by Crippen LogP contribution is -1.95. The zero-order valence-electron chi connectivity index (χ0n) is 17.7. The van der Waals surface area contributed by atoms with Crippen LogP contribution in [-0.2, 0) is 0 Å². The SMILES string of the molecule is c1ccc(-c2nc(-c3ccc4ccc5oc6ccccc6c5c4c3)nc3ccccc23)cc1. The standard InChI is InChI=1S/C30H18N2O/c1-2-8-20(9-3-1)29-22-10-4-6-12-25(22)31-30(32-29)21-15-14-19-16-17-27-28(24(19)18-21)23-11-5-7-13-26(23)33-27/h1-18H. The van der Waals surface area contributed by atoms with Gasteiger partial charge >= 0.3 is 0 Å². The van der Waals surface area contributed by atoms with E-state index in [1.54, 1.807) is 0 Å². The van der Waals surface area contributed by atoms with Gasteiger partial charge in [0.05, 0.1) is 11.2 Å². The van der Waals surface area contributed by atoms with Crippen molar-refractivity contribution in [1.29, 1.82) is 0 Å². The first-order chi connectivity index (χ1) is 16.3. The van der Waals surface area contributed by atoms with E-state index in [9.17, 15) is 0 Å². The van der Waals surface area contributed by atoms with E-state index in [0.29, 0.717) is 0 Å². The second-order valence-corrected chi connectivity index (χ2v) is 8.25. The third-order valence-electron chi connectivity index (χ3n) is 6.27. The molecule has 0 aliphatic heterocycles. The first-order valence-electron chi connectivity index (χ1n) is 11.0. The number of hydrogen-bond acceptors (Lipinski definition) is 3. The zero-order valence-corrected chi connectivity index (χ0v) is 17.7. The number of para-hydroxylation sites is 2. The van der Waals surface area contributed by atoms with E-state index in [4.69, 9.17) is 14.4 Å². The highest BCUT2D eigenvalue weighted by atomic mass is 16.3. The molecule has 0 amide bonds. The summed E-state index contributed by atoms with van der Waals surface area (Å²) >= 11 is 0. The molecule has 0 aliphatic carbocycles. The average molecular weight is 422 g/mol. The van der Waals surface area contributed by atoms with Crippen molar-refractivity contribution in [3.8, 4) is 22.6 Å². The van der Waals surface area contributed by atoms with Gasteiger partial charge in [0.15, 0.2) is 5.82 Å². The molecule has 0 radical (unpaired) electrons. The molecule has 5 aromatic carbocycles. The fraction of sp³-hybridized carbons (Fsp3) is 0. The number of furan rings is 1. The summed E-state index contributed by atoms with van der Waals surface area (Å²) in [5, 5.41) is 5.62. The molecule has 0 aliphatic rings. The highest BCUT2D eigenvalue weighted by molar-refractivity contribution is 6.19. The second-order valence-electron chi connectivity index (χ2n) is 8.25. The Bertz CT molecular complexity index is 1820. The Morgan fingerprint density at radius 3 is 2.18 bits per heavy atom. The fourth-order valence-corrected chi connectivity index (χ4v) is 4.70. The lowest BCUT2D eigenvalue weighted by atomic mass is 10.0. The molecular weight excluding hydrogens is 404 g/mol. The van der Waals surface area contributed by atoms with Crippen LogP contribution in [0.2, 0.25) is 0 Å². The fourth-order valence-electron chi connectivity index (χ4n) is 4.70. The molecule has 7 aromatic rings. The summed E-state index contributed by atoms with van der Waals surface area (Å²) in [4.78, 5) is 9.98. The minimum absolute atomic E-state index is 0.722. The van der Waals surface area contributed by atoms with Crippen molar-refractivity contribution >= 4 is 43.6 Å². The van der Waals surface area contributed by atoms with E-state index < -0.39 is 0 Å². The maximum atomic E-state index is 6.11. The Morgan fingerprint density at radius 1 is 0.515 bits per heavy atom. The van der Waals surface area contributed by atoms with Crippen molar-refractivity contribution in [2.45, 2.75) is 0 Å². The van der Waals surface area contributed by atoms with Crippen LogP contribution in [0.25, 0.3) is 66.3 Å². The number of aromatic nitrogens is 2. The van der Waals surface area contributed by atoms with Crippen LogP contribution in [0.1, 0.15) is 0 Å². The smallest absolute Gasteiger partial charge is 0.160 e. The Hall–Kier alpha value is -4.50. The van der Waals surface area contributed by atoms with Gasteiger partial charge in [0.25, 0.3) is 0 Å². The average Bonchev–Trinajstić information content (AvgIpc) is 3.27. The van der Waals surface area contributed by atoms with Gasteiger partial charge in [-0.2, -0.15) is 0 Å². The van der Waals surface area contributed by atoms with Gasteiger partial charge in [0.2, 0.25) is 0 Å². The van der Waals surface area contributed by atoms with Crippen molar-refractivity contribution in [3.63, 3.8) is 0 Å². The van der Waals surface area contributed by atoms with Crippen molar-refractivity contribution in [2.75, 3.05) is 0 Å². The summed E-state index contributed by atoms with van der Waals surface area (Å²) in [6, 6.07) is 37.3. The lowest BCUT2D eigenvalue weighted by Gasteiger charge is -2.10. The molecular formula is C30H18N2O. The number of rotatable bonds is 2. The van der Waals surface area contributed by atoms with Gasteiger partial charge in [-0.1, -0.05) is 84.9 Å². The number of fused-ring (bicyclic) bond motifs is 6. The molecule has 2 heterocycles. The quantitative estimate of drug-likeness (QED) is 0.283. The van der Waals surface area contributed by atoms with Gasteiger partial charge in [-0.15, -0.1) is 0 Å². The van der Waals surface area contributed by atoms with Crippen LogP contribution in [0.3, 0.4) is 0 Å². The van der Waals surface area contributed by atoms with Crippen LogP contribution in [-0.4, -0.2) is 9.97 Å². The summed E-state index contributed by atoms with van der Waals surface area (Å²) in [6.07, 6.45) is 0. The molecule has 0 fully saturated rings. The van der Waals surface area contributed by atoms with E-state index in [-0.39, 0.29) is 0 Å². The van der Waals surface area contributed by atoms with Crippen LogP contribution < -0.4 is 0 Å². The number of hydrogen-bond donors (Lipinski definition) is 0. The minimum atomic E-state index is 0.722. The lowest BCUT2D eigenvalue weighted by molar-refractivity contribution is 0.669.